The monoisotopic (exact) mass is 228 g/mol. The van der Waals surface area contributed by atoms with Crippen LogP contribution in [0, 0.1) is 5.41 Å². The van der Waals surface area contributed by atoms with Crippen LogP contribution in [0.3, 0.4) is 0 Å². The van der Waals surface area contributed by atoms with Crippen LogP contribution < -0.4 is 0 Å². The average molecular weight is 228 g/mol. The highest BCUT2D eigenvalue weighted by Crippen LogP contribution is 2.21. The van der Waals surface area contributed by atoms with Crippen molar-refractivity contribution in [3.8, 4) is 0 Å². The minimum atomic E-state index is -0.0987. The zero-order chi connectivity index (χ0) is 13.0. The molecule has 3 heteroatoms. The van der Waals surface area contributed by atoms with Gasteiger partial charge in [-0.1, -0.05) is 20.8 Å². The zero-order valence-corrected chi connectivity index (χ0v) is 12.4. The van der Waals surface area contributed by atoms with Gasteiger partial charge >= 0.3 is 0 Å². The van der Waals surface area contributed by atoms with E-state index in [2.05, 4.69) is 56.3 Å². The molecule has 0 saturated carbocycles. The van der Waals surface area contributed by atoms with Crippen LogP contribution in [0.15, 0.2) is 0 Å². The standard InChI is InChI=1S/C13H29BO2/c1-11(2,3)10-16-12(4,5)8-9-15-13(6,7)14/h8-10,14H2,1-7H3. The average Bonchev–Trinajstić information content (AvgIpc) is 1.97. The molecular weight excluding hydrogens is 199 g/mol. The second kappa shape index (κ2) is 5.55. The largest absolute Gasteiger partial charge is 0.385 e. The number of rotatable bonds is 6. The highest BCUT2D eigenvalue weighted by molar-refractivity contribution is 6.13. The van der Waals surface area contributed by atoms with Crippen molar-refractivity contribution >= 4 is 7.85 Å². The van der Waals surface area contributed by atoms with E-state index in [0.29, 0.717) is 0 Å². The van der Waals surface area contributed by atoms with Gasteiger partial charge in [0.1, 0.15) is 7.85 Å². The van der Waals surface area contributed by atoms with Crippen molar-refractivity contribution in [3.63, 3.8) is 0 Å². The maximum Gasteiger partial charge on any atom is 0.142 e. The molecule has 0 aromatic carbocycles. The molecule has 0 radical (unpaired) electrons. The topological polar surface area (TPSA) is 18.5 Å². The van der Waals surface area contributed by atoms with Gasteiger partial charge in [-0.05, 0) is 39.5 Å². The molecule has 0 unspecified atom stereocenters. The van der Waals surface area contributed by atoms with Crippen molar-refractivity contribution in [3.05, 3.63) is 0 Å². The molecule has 0 N–H and O–H groups in total. The van der Waals surface area contributed by atoms with Gasteiger partial charge in [0.05, 0.1) is 12.2 Å². The van der Waals surface area contributed by atoms with Gasteiger partial charge in [-0.3, -0.25) is 0 Å². The van der Waals surface area contributed by atoms with Gasteiger partial charge in [-0.25, -0.2) is 0 Å². The summed E-state index contributed by atoms with van der Waals surface area (Å²) in [6.45, 7) is 16.5. The Kier molecular flexibility index (Phi) is 5.54. The van der Waals surface area contributed by atoms with Gasteiger partial charge in [0.15, 0.2) is 0 Å². The molecule has 0 fully saturated rings. The molecule has 0 amide bonds. The van der Waals surface area contributed by atoms with Crippen molar-refractivity contribution < 1.29 is 9.47 Å². The van der Waals surface area contributed by atoms with Gasteiger partial charge in [-0.2, -0.15) is 0 Å². The molecule has 0 bridgehead atoms. The second-order valence-corrected chi connectivity index (χ2v) is 7.32. The third-order valence-electron chi connectivity index (χ3n) is 2.14. The molecule has 0 aromatic rings. The Bertz CT molecular complexity index is 199. The lowest BCUT2D eigenvalue weighted by molar-refractivity contribution is -0.0753. The van der Waals surface area contributed by atoms with E-state index in [1.165, 1.54) is 0 Å². The summed E-state index contributed by atoms with van der Waals surface area (Å²) in [7, 11) is 2.08. The summed E-state index contributed by atoms with van der Waals surface area (Å²) >= 11 is 0. The first-order chi connectivity index (χ1) is 6.91. The lowest BCUT2D eigenvalue weighted by Gasteiger charge is -2.31. The smallest absolute Gasteiger partial charge is 0.142 e. The number of hydrogen-bond acceptors (Lipinski definition) is 2. The third kappa shape index (κ3) is 10.5. The summed E-state index contributed by atoms with van der Waals surface area (Å²) in [5, 5.41) is 0. The van der Waals surface area contributed by atoms with Gasteiger partial charge in [0.2, 0.25) is 0 Å². The molecule has 2 nitrogen and oxygen atoms in total. The first-order valence-electron chi connectivity index (χ1n) is 6.19. The summed E-state index contributed by atoms with van der Waals surface area (Å²) in [6.07, 6.45) is 0.931. The summed E-state index contributed by atoms with van der Waals surface area (Å²) in [6, 6.07) is 0. The quantitative estimate of drug-likeness (QED) is 0.650. The Balaban J connectivity index is 3.88. The number of ether oxygens (including phenoxy) is 2. The van der Waals surface area contributed by atoms with Crippen LogP contribution in [-0.4, -0.2) is 32.2 Å². The van der Waals surface area contributed by atoms with Gasteiger partial charge in [0, 0.05) is 12.1 Å². The molecule has 96 valence electrons. The summed E-state index contributed by atoms with van der Waals surface area (Å²) in [4.78, 5) is 0. The van der Waals surface area contributed by atoms with E-state index in [1.54, 1.807) is 0 Å². The van der Waals surface area contributed by atoms with Crippen molar-refractivity contribution in [2.45, 2.75) is 66.0 Å². The minimum absolute atomic E-state index is 0.0554. The molecule has 0 aliphatic carbocycles. The Hall–Kier alpha value is -0.0151. The SMILES string of the molecule is BC(C)(C)OCCC(C)(C)OCC(C)(C)C. The van der Waals surface area contributed by atoms with Crippen LogP contribution in [0.5, 0.6) is 0 Å². The fraction of sp³-hybridized carbons (Fsp3) is 1.00. The molecule has 0 heterocycles. The molecule has 0 rings (SSSR count). The van der Waals surface area contributed by atoms with E-state index < -0.39 is 0 Å². The molecule has 0 aliphatic heterocycles. The predicted octanol–water partition coefficient (Wildman–Crippen LogP) is 2.60. The van der Waals surface area contributed by atoms with E-state index in [9.17, 15) is 0 Å². The van der Waals surface area contributed by atoms with Crippen LogP contribution in [-0.2, 0) is 9.47 Å². The molecular formula is C13H29BO2. The van der Waals surface area contributed by atoms with Gasteiger partial charge in [-0.15, -0.1) is 0 Å². The van der Waals surface area contributed by atoms with Crippen molar-refractivity contribution in [1.29, 1.82) is 0 Å². The van der Waals surface area contributed by atoms with Crippen LogP contribution in [0.25, 0.3) is 0 Å². The highest BCUT2D eigenvalue weighted by Gasteiger charge is 2.23. The fourth-order valence-electron chi connectivity index (χ4n) is 1.09. The maximum atomic E-state index is 5.93. The fourth-order valence-corrected chi connectivity index (χ4v) is 1.09. The maximum absolute atomic E-state index is 5.93. The number of hydrogen-bond donors (Lipinski definition) is 0. The molecule has 0 saturated heterocycles. The summed E-state index contributed by atoms with van der Waals surface area (Å²) < 4.78 is 11.6. The van der Waals surface area contributed by atoms with Crippen molar-refractivity contribution in [2.24, 2.45) is 5.41 Å². The normalized spacial score (nSPS) is 14.2. The first kappa shape index (κ1) is 16.0. The molecule has 16 heavy (non-hydrogen) atoms. The van der Waals surface area contributed by atoms with Crippen molar-refractivity contribution in [2.75, 3.05) is 13.2 Å². The minimum Gasteiger partial charge on any atom is -0.385 e. The molecule has 0 spiro atoms. The van der Waals surface area contributed by atoms with Crippen LogP contribution in [0.2, 0.25) is 0 Å². The van der Waals surface area contributed by atoms with Gasteiger partial charge < -0.3 is 9.47 Å². The van der Waals surface area contributed by atoms with Gasteiger partial charge in [0.25, 0.3) is 0 Å². The Labute approximate surface area is 102 Å². The summed E-state index contributed by atoms with van der Waals surface area (Å²) in [5.74, 6) is 0. The lowest BCUT2D eigenvalue weighted by atomic mass is 9.86. The van der Waals surface area contributed by atoms with E-state index in [4.69, 9.17) is 9.47 Å². The van der Waals surface area contributed by atoms with E-state index in [1.807, 2.05) is 0 Å². The lowest BCUT2D eigenvalue weighted by Crippen LogP contribution is -2.33. The Morgan fingerprint density at radius 3 is 1.75 bits per heavy atom. The molecule has 0 aromatic heterocycles. The predicted molar refractivity (Wildman–Crippen MR) is 72.7 cm³/mol. The summed E-state index contributed by atoms with van der Waals surface area (Å²) in [5.41, 5.74) is 0.0702. The van der Waals surface area contributed by atoms with Crippen LogP contribution in [0.1, 0.15) is 54.9 Å². The molecule has 0 aliphatic rings. The van der Waals surface area contributed by atoms with Crippen molar-refractivity contribution in [1.82, 2.24) is 0 Å². The van der Waals surface area contributed by atoms with E-state index in [0.717, 1.165) is 19.6 Å². The first-order valence-corrected chi connectivity index (χ1v) is 6.19. The van der Waals surface area contributed by atoms with Crippen LogP contribution >= 0.6 is 0 Å². The highest BCUT2D eigenvalue weighted by atomic mass is 16.5. The third-order valence-corrected chi connectivity index (χ3v) is 2.14. The molecule has 0 atom stereocenters. The second-order valence-electron chi connectivity index (χ2n) is 7.32. The van der Waals surface area contributed by atoms with E-state index in [-0.39, 0.29) is 16.5 Å². The Morgan fingerprint density at radius 1 is 0.875 bits per heavy atom. The van der Waals surface area contributed by atoms with Crippen LogP contribution in [0.4, 0.5) is 0 Å². The zero-order valence-electron chi connectivity index (χ0n) is 12.4. The van der Waals surface area contributed by atoms with E-state index >= 15 is 0 Å². The Morgan fingerprint density at radius 2 is 1.38 bits per heavy atom.